The molecular weight excluding hydrogens is 182 g/mol. The van der Waals surface area contributed by atoms with Gasteiger partial charge in [-0.1, -0.05) is 6.92 Å². The van der Waals surface area contributed by atoms with Crippen LogP contribution in [0.15, 0.2) is 10.6 Å². The average molecular weight is 193 g/mol. The molecule has 0 aromatic rings. The molecule has 0 aromatic heterocycles. The van der Waals surface area contributed by atoms with Crippen LogP contribution in [0.3, 0.4) is 0 Å². The molecule has 1 saturated carbocycles. The van der Waals surface area contributed by atoms with Crippen molar-refractivity contribution >= 4 is 11.8 Å². The van der Waals surface area contributed by atoms with Crippen molar-refractivity contribution in [2.75, 3.05) is 5.75 Å². The molecule has 68 valence electrons. The monoisotopic (exact) mass is 193 g/mol. The number of allylic oxidation sites excluding steroid dienone is 1. The van der Waals surface area contributed by atoms with Crippen LogP contribution >= 0.6 is 11.8 Å². The van der Waals surface area contributed by atoms with Gasteiger partial charge in [0, 0.05) is 6.04 Å². The Balaban J connectivity index is 2.69. The fraction of sp³-hybridized carbons (Fsp3) is 0.556. The van der Waals surface area contributed by atoms with E-state index in [2.05, 4.69) is 5.32 Å². The van der Waals surface area contributed by atoms with Gasteiger partial charge in [-0.15, -0.1) is 11.8 Å². The van der Waals surface area contributed by atoms with Crippen molar-refractivity contribution in [3.05, 3.63) is 10.6 Å². The number of nitrogens with zero attached hydrogens (tertiary/aromatic N) is 2. The lowest BCUT2D eigenvalue weighted by molar-refractivity contribution is 0.846. The van der Waals surface area contributed by atoms with Crippen molar-refractivity contribution in [1.29, 1.82) is 10.5 Å². The molecule has 0 unspecified atom stereocenters. The van der Waals surface area contributed by atoms with Gasteiger partial charge in [-0.3, -0.25) is 0 Å². The van der Waals surface area contributed by atoms with Gasteiger partial charge in [-0.05, 0) is 18.6 Å². The van der Waals surface area contributed by atoms with Crippen molar-refractivity contribution in [1.82, 2.24) is 5.32 Å². The predicted molar refractivity (Wildman–Crippen MR) is 52.5 cm³/mol. The first-order chi connectivity index (χ1) is 6.31. The predicted octanol–water partition coefficient (Wildman–Crippen LogP) is 1.75. The fourth-order valence-electron chi connectivity index (χ4n) is 0.870. The van der Waals surface area contributed by atoms with Gasteiger partial charge in [0.1, 0.15) is 12.1 Å². The molecule has 0 saturated heterocycles. The molecule has 0 aromatic carbocycles. The summed E-state index contributed by atoms with van der Waals surface area (Å²) in [7, 11) is 0. The average Bonchev–Trinajstić information content (AvgIpc) is 2.91. The molecule has 0 amide bonds. The minimum Gasteiger partial charge on any atom is -0.375 e. The molecule has 13 heavy (non-hydrogen) atoms. The van der Waals surface area contributed by atoms with Crippen molar-refractivity contribution in [2.45, 2.75) is 25.8 Å². The highest BCUT2D eigenvalue weighted by atomic mass is 32.2. The van der Waals surface area contributed by atoms with E-state index < -0.39 is 0 Å². The van der Waals surface area contributed by atoms with Crippen LogP contribution in [0.25, 0.3) is 0 Å². The van der Waals surface area contributed by atoms with Crippen LogP contribution in [0, 0.1) is 22.7 Å². The summed E-state index contributed by atoms with van der Waals surface area (Å²) >= 11 is 1.53. The Morgan fingerprint density at radius 2 is 2.08 bits per heavy atom. The Morgan fingerprint density at radius 3 is 2.46 bits per heavy atom. The maximum absolute atomic E-state index is 8.67. The molecule has 0 bridgehead atoms. The summed E-state index contributed by atoms with van der Waals surface area (Å²) in [5.41, 5.74) is 0.207. The molecule has 4 heteroatoms. The summed E-state index contributed by atoms with van der Waals surface area (Å²) in [4.78, 5) is 0. The van der Waals surface area contributed by atoms with Crippen molar-refractivity contribution in [3.63, 3.8) is 0 Å². The third kappa shape index (κ3) is 3.01. The highest BCUT2D eigenvalue weighted by Crippen LogP contribution is 2.25. The number of rotatable bonds is 4. The topological polar surface area (TPSA) is 59.6 Å². The third-order valence-electron chi connectivity index (χ3n) is 1.65. The minimum absolute atomic E-state index is 0.207. The van der Waals surface area contributed by atoms with E-state index in [1.807, 2.05) is 19.1 Å². The SMILES string of the molecule is CCSC(NC1CC1)=C(C#N)C#N. The minimum atomic E-state index is 0.207. The van der Waals surface area contributed by atoms with E-state index in [4.69, 9.17) is 10.5 Å². The van der Waals surface area contributed by atoms with E-state index in [-0.39, 0.29) is 5.57 Å². The Kier molecular flexibility index (Phi) is 3.67. The highest BCUT2D eigenvalue weighted by Gasteiger charge is 2.23. The van der Waals surface area contributed by atoms with Crippen molar-refractivity contribution < 1.29 is 0 Å². The van der Waals surface area contributed by atoms with Gasteiger partial charge >= 0.3 is 0 Å². The lowest BCUT2D eigenvalue weighted by Gasteiger charge is -2.07. The highest BCUT2D eigenvalue weighted by molar-refractivity contribution is 8.03. The van der Waals surface area contributed by atoms with Crippen LogP contribution in [-0.2, 0) is 0 Å². The second kappa shape index (κ2) is 4.79. The van der Waals surface area contributed by atoms with Gasteiger partial charge < -0.3 is 5.32 Å². The zero-order valence-electron chi connectivity index (χ0n) is 7.50. The Bertz CT molecular complexity index is 275. The molecule has 1 rings (SSSR count). The first kappa shape index (κ1) is 9.95. The van der Waals surface area contributed by atoms with Crippen LogP contribution < -0.4 is 5.32 Å². The number of nitrogens with one attached hydrogen (secondary N) is 1. The largest absolute Gasteiger partial charge is 0.375 e. The molecule has 0 atom stereocenters. The Labute approximate surface area is 82.4 Å². The van der Waals surface area contributed by atoms with Crippen molar-refractivity contribution in [3.8, 4) is 12.1 Å². The van der Waals surface area contributed by atoms with Crippen LogP contribution in [-0.4, -0.2) is 11.8 Å². The van der Waals surface area contributed by atoms with Crippen LogP contribution in [0.4, 0.5) is 0 Å². The summed E-state index contributed by atoms with van der Waals surface area (Å²) in [6, 6.07) is 4.30. The van der Waals surface area contributed by atoms with Gasteiger partial charge in [-0.25, -0.2) is 0 Å². The van der Waals surface area contributed by atoms with E-state index in [1.54, 1.807) is 0 Å². The number of nitriles is 2. The zero-order chi connectivity index (χ0) is 9.68. The second-order valence-electron chi connectivity index (χ2n) is 2.78. The van der Waals surface area contributed by atoms with E-state index in [0.29, 0.717) is 6.04 Å². The summed E-state index contributed by atoms with van der Waals surface area (Å²) in [5, 5.41) is 21.3. The maximum Gasteiger partial charge on any atom is 0.159 e. The van der Waals surface area contributed by atoms with Gasteiger partial charge in [-0.2, -0.15) is 10.5 Å². The normalized spacial score (nSPS) is 14.1. The van der Waals surface area contributed by atoms with Gasteiger partial charge in [0.05, 0.1) is 5.03 Å². The lowest BCUT2D eigenvalue weighted by Crippen LogP contribution is -2.15. The van der Waals surface area contributed by atoms with Crippen molar-refractivity contribution in [2.24, 2.45) is 0 Å². The first-order valence-corrected chi connectivity index (χ1v) is 5.24. The fourth-order valence-corrected chi connectivity index (χ4v) is 1.64. The Hall–Kier alpha value is -1.13. The van der Waals surface area contributed by atoms with E-state index in [1.165, 1.54) is 11.8 Å². The van der Waals surface area contributed by atoms with Crippen LogP contribution in [0.1, 0.15) is 19.8 Å². The Morgan fingerprint density at radius 1 is 1.46 bits per heavy atom. The van der Waals surface area contributed by atoms with Crippen LogP contribution in [0.2, 0.25) is 0 Å². The molecule has 1 aliphatic rings. The molecule has 3 nitrogen and oxygen atoms in total. The molecule has 1 aliphatic carbocycles. The standard InChI is InChI=1S/C9H11N3S/c1-2-13-9(7(5-10)6-11)12-8-3-4-8/h8,12H,2-4H2,1H3. The van der Waals surface area contributed by atoms with Gasteiger partial charge in [0.15, 0.2) is 5.57 Å². The first-order valence-electron chi connectivity index (χ1n) is 4.25. The third-order valence-corrected chi connectivity index (χ3v) is 2.55. The lowest BCUT2D eigenvalue weighted by atomic mass is 10.3. The van der Waals surface area contributed by atoms with E-state index in [9.17, 15) is 0 Å². The second-order valence-corrected chi connectivity index (χ2v) is 4.05. The quantitative estimate of drug-likeness (QED) is 0.691. The summed E-state index contributed by atoms with van der Waals surface area (Å²) in [5.74, 6) is 0.877. The summed E-state index contributed by atoms with van der Waals surface area (Å²) in [6.07, 6.45) is 2.30. The summed E-state index contributed by atoms with van der Waals surface area (Å²) in [6.45, 7) is 2.01. The van der Waals surface area contributed by atoms with E-state index in [0.717, 1.165) is 23.6 Å². The molecule has 0 spiro atoms. The molecule has 0 heterocycles. The van der Waals surface area contributed by atoms with Crippen LogP contribution in [0.5, 0.6) is 0 Å². The van der Waals surface area contributed by atoms with Gasteiger partial charge in [0.2, 0.25) is 0 Å². The number of hydrogen-bond acceptors (Lipinski definition) is 4. The molecule has 1 N–H and O–H groups in total. The van der Waals surface area contributed by atoms with E-state index >= 15 is 0 Å². The smallest absolute Gasteiger partial charge is 0.159 e. The molecule has 1 fully saturated rings. The molecule has 0 radical (unpaired) electrons. The molecule has 0 aliphatic heterocycles. The number of thioether (sulfide) groups is 1. The number of hydrogen-bond donors (Lipinski definition) is 1. The summed E-state index contributed by atoms with van der Waals surface area (Å²) < 4.78 is 0. The molecular formula is C9H11N3S. The zero-order valence-corrected chi connectivity index (χ0v) is 8.32. The van der Waals surface area contributed by atoms with Gasteiger partial charge in [0.25, 0.3) is 0 Å². The maximum atomic E-state index is 8.67.